The van der Waals surface area contributed by atoms with Gasteiger partial charge >= 0.3 is 0 Å². The standard InChI is InChI=1S/C11H13ClN4O3S.C11H12ClN3O.ClH/c1-20(17,18)16-5-3-15(4-6-16)10-9-8(2-7-19-9)13-11(12)14-10;12-11-13-8-4-7-16-9(8)10(14-11)15-5-2-1-3-6-15;/h2,7H,3-6H2,1H3;4,7H,1-3,5-6H2;1H. The van der Waals surface area contributed by atoms with Gasteiger partial charge in [0.15, 0.2) is 22.8 Å². The van der Waals surface area contributed by atoms with Crippen LogP contribution in [-0.4, -0.2) is 78.2 Å². The van der Waals surface area contributed by atoms with Crippen molar-refractivity contribution in [1.29, 1.82) is 0 Å². The van der Waals surface area contributed by atoms with E-state index in [1.54, 1.807) is 12.3 Å². The first-order valence-electron chi connectivity index (χ1n) is 11.6. The molecule has 2 aliphatic rings. The molecule has 0 radical (unpaired) electrons. The van der Waals surface area contributed by atoms with Gasteiger partial charge < -0.3 is 18.6 Å². The highest BCUT2D eigenvalue weighted by Gasteiger charge is 2.26. The first-order chi connectivity index (χ1) is 17.3. The van der Waals surface area contributed by atoms with Crippen LogP contribution < -0.4 is 9.80 Å². The molecule has 0 atom stereocenters. The number of hydrogen-bond acceptors (Lipinski definition) is 10. The lowest BCUT2D eigenvalue weighted by Gasteiger charge is -2.33. The number of hydrogen-bond donors (Lipinski definition) is 0. The average Bonchev–Trinajstić information content (AvgIpc) is 3.53. The fraction of sp³-hybridized carbons (Fsp3) is 0.455. The van der Waals surface area contributed by atoms with Crippen molar-refractivity contribution in [1.82, 2.24) is 24.2 Å². The van der Waals surface area contributed by atoms with E-state index in [0.29, 0.717) is 43.1 Å². The molecule has 2 aliphatic heterocycles. The Kier molecular flexibility index (Phi) is 8.64. The van der Waals surface area contributed by atoms with E-state index in [2.05, 4.69) is 24.8 Å². The summed E-state index contributed by atoms with van der Waals surface area (Å²) >= 11 is 11.8. The van der Waals surface area contributed by atoms with Gasteiger partial charge in [-0.25, -0.2) is 18.4 Å². The van der Waals surface area contributed by atoms with E-state index < -0.39 is 10.0 Å². The molecule has 0 saturated carbocycles. The zero-order valence-electron chi connectivity index (χ0n) is 20.0. The van der Waals surface area contributed by atoms with Crippen molar-refractivity contribution >= 4 is 79.5 Å². The second-order valence-corrected chi connectivity index (χ2v) is 11.3. The first kappa shape index (κ1) is 27.6. The van der Waals surface area contributed by atoms with Gasteiger partial charge in [0, 0.05) is 51.4 Å². The SMILES string of the molecule is CS(=O)(=O)N1CCN(c2nc(Cl)nc3ccoc23)CC1.Cl.Clc1nc(N2CCCCC2)c2occc2n1. The second-order valence-electron chi connectivity index (χ2n) is 8.60. The lowest BCUT2D eigenvalue weighted by molar-refractivity contribution is 0.386. The highest BCUT2D eigenvalue weighted by atomic mass is 35.5. The molecule has 6 rings (SSSR count). The minimum atomic E-state index is -3.15. The molecule has 4 aromatic rings. The first-order valence-corrected chi connectivity index (χ1v) is 14.2. The van der Waals surface area contributed by atoms with Crippen molar-refractivity contribution in [3.63, 3.8) is 0 Å². The number of piperidine rings is 1. The van der Waals surface area contributed by atoms with Gasteiger partial charge in [-0.3, -0.25) is 0 Å². The molecule has 200 valence electrons. The van der Waals surface area contributed by atoms with Crippen molar-refractivity contribution < 1.29 is 17.3 Å². The number of rotatable bonds is 3. The number of piperazine rings is 1. The third-order valence-corrected chi connectivity index (χ3v) is 7.82. The number of aromatic nitrogens is 4. The molecule has 4 aromatic heterocycles. The number of sulfonamides is 1. The summed E-state index contributed by atoms with van der Waals surface area (Å²) in [5.41, 5.74) is 2.74. The van der Waals surface area contributed by atoms with E-state index in [1.807, 2.05) is 11.0 Å². The number of nitrogens with zero attached hydrogens (tertiary/aromatic N) is 7. The van der Waals surface area contributed by atoms with Gasteiger partial charge in [0.1, 0.15) is 11.0 Å². The monoisotopic (exact) mass is 589 g/mol. The summed E-state index contributed by atoms with van der Waals surface area (Å²) in [4.78, 5) is 20.9. The van der Waals surface area contributed by atoms with Gasteiger partial charge in [0.2, 0.25) is 20.6 Å². The van der Waals surface area contributed by atoms with Gasteiger partial charge in [-0.15, -0.1) is 12.4 Å². The number of furan rings is 2. The van der Waals surface area contributed by atoms with Crippen LogP contribution in [0.25, 0.3) is 22.2 Å². The Hall–Kier alpha value is -2.38. The summed E-state index contributed by atoms with van der Waals surface area (Å²) in [5.74, 6) is 1.44. The van der Waals surface area contributed by atoms with E-state index in [-0.39, 0.29) is 23.0 Å². The van der Waals surface area contributed by atoms with Crippen LogP contribution in [0.15, 0.2) is 33.5 Å². The third-order valence-electron chi connectivity index (χ3n) is 6.18. The predicted octanol–water partition coefficient (Wildman–Crippen LogP) is 4.25. The summed E-state index contributed by atoms with van der Waals surface area (Å²) < 4.78 is 35.3. The highest BCUT2D eigenvalue weighted by molar-refractivity contribution is 7.88. The van der Waals surface area contributed by atoms with Crippen LogP contribution in [0.1, 0.15) is 19.3 Å². The molecule has 0 amide bonds. The smallest absolute Gasteiger partial charge is 0.225 e. The van der Waals surface area contributed by atoms with Crippen LogP contribution >= 0.6 is 35.6 Å². The van der Waals surface area contributed by atoms with Gasteiger partial charge in [0.05, 0.1) is 18.8 Å². The fourth-order valence-electron chi connectivity index (χ4n) is 4.41. The molecule has 0 bridgehead atoms. The van der Waals surface area contributed by atoms with Crippen molar-refractivity contribution in [2.45, 2.75) is 19.3 Å². The highest BCUT2D eigenvalue weighted by Crippen LogP contribution is 2.29. The third kappa shape index (κ3) is 6.20. The number of anilines is 2. The number of halogens is 3. The molecule has 37 heavy (non-hydrogen) atoms. The van der Waals surface area contributed by atoms with Gasteiger partial charge in [-0.1, -0.05) is 0 Å². The average molecular weight is 591 g/mol. The Bertz CT molecular complexity index is 1470. The minimum Gasteiger partial charge on any atom is -0.459 e. The molecular weight excluding hydrogens is 565 g/mol. The summed E-state index contributed by atoms with van der Waals surface area (Å²) in [6.07, 6.45) is 8.06. The van der Waals surface area contributed by atoms with Crippen LogP contribution in [0.3, 0.4) is 0 Å². The predicted molar refractivity (Wildman–Crippen MR) is 146 cm³/mol. The van der Waals surface area contributed by atoms with Crippen molar-refractivity contribution in [3.05, 3.63) is 35.2 Å². The van der Waals surface area contributed by atoms with Crippen LogP contribution in [0, 0.1) is 0 Å². The maximum atomic E-state index is 11.5. The molecule has 11 nitrogen and oxygen atoms in total. The van der Waals surface area contributed by atoms with Crippen LogP contribution in [0.2, 0.25) is 10.6 Å². The van der Waals surface area contributed by atoms with Crippen molar-refractivity contribution in [2.75, 3.05) is 55.3 Å². The van der Waals surface area contributed by atoms with Crippen LogP contribution in [0.5, 0.6) is 0 Å². The van der Waals surface area contributed by atoms with E-state index in [4.69, 9.17) is 32.0 Å². The van der Waals surface area contributed by atoms with Crippen molar-refractivity contribution in [2.24, 2.45) is 0 Å². The molecule has 0 spiro atoms. The second kappa shape index (κ2) is 11.6. The maximum absolute atomic E-state index is 11.5. The van der Waals surface area contributed by atoms with Crippen LogP contribution in [0.4, 0.5) is 11.6 Å². The zero-order chi connectivity index (χ0) is 25.3. The van der Waals surface area contributed by atoms with Crippen molar-refractivity contribution in [3.8, 4) is 0 Å². The molecular formula is C22H26Cl3N7O4S. The molecule has 0 aliphatic carbocycles. The van der Waals surface area contributed by atoms with Gasteiger partial charge in [-0.2, -0.15) is 14.3 Å². The number of fused-ring (bicyclic) bond motifs is 2. The summed E-state index contributed by atoms with van der Waals surface area (Å²) in [6.45, 7) is 3.95. The zero-order valence-corrected chi connectivity index (χ0v) is 23.2. The lowest BCUT2D eigenvalue weighted by Crippen LogP contribution is -2.48. The Labute approximate surface area is 230 Å². The molecule has 6 heterocycles. The normalized spacial score (nSPS) is 16.9. The molecule has 2 fully saturated rings. The topological polar surface area (TPSA) is 122 Å². The minimum absolute atomic E-state index is 0. The van der Waals surface area contributed by atoms with Gasteiger partial charge in [0.25, 0.3) is 0 Å². The summed E-state index contributed by atoms with van der Waals surface area (Å²) in [7, 11) is -3.15. The lowest BCUT2D eigenvalue weighted by atomic mass is 10.1. The van der Waals surface area contributed by atoms with Crippen LogP contribution in [-0.2, 0) is 10.0 Å². The molecule has 15 heteroatoms. The van der Waals surface area contributed by atoms with E-state index in [9.17, 15) is 8.42 Å². The van der Waals surface area contributed by atoms with E-state index in [0.717, 1.165) is 30.0 Å². The molecule has 0 unspecified atom stereocenters. The van der Waals surface area contributed by atoms with Gasteiger partial charge in [-0.05, 0) is 42.5 Å². The maximum Gasteiger partial charge on any atom is 0.225 e. The van der Waals surface area contributed by atoms with E-state index in [1.165, 1.54) is 36.1 Å². The fourth-order valence-corrected chi connectivity index (χ4v) is 5.58. The Morgan fingerprint density at radius 2 is 1.19 bits per heavy atom. The molecule has 2 saturated heterocycles. The summed E-state index contributed by atoms with van der Waals surface area (Å²) in [5, 5.41) is 0.439. The Morgan fingerprint density at radius 3 is 1.65 bits per heavy atom. The quantitative estimate of drug-likeness (QED) is 0.320. The summed E-state index contributed by atoms with van der Waals surface area (Å²) in [6, 6.07) is 3.54. The molecule has 0 aromatic carbocycles. The molecule has 0 N–H and O–H groups in total. The Morgan fingerprint density at radius 1 is 0.730 bits per heavy atom. The van der Waals surface area contributed by atoms with E-state index >= 15 is 0 Å². The largest absolute Gasteiger partial charge is 0.459 e. The Balaban J connectivity index is 0.000000172.